The molecule has 0 spiro atoms. The predicted molar refractivity (Wildman–Crippen MR) is 72.6 cm³/mol. The van der Waals surface area contributed by atoms with Crippen molar-refractivity contribution < 1.29 is 4.79 Å². The zero-order chi connectivity index (χ0) is 13.1. The van der Waals surface area contributed by atoms with Gasteiger partial charge in [-0.25, -0.2) is 4.79 Å². The molecule has 1 aromatic rings. The molecule has 2 fully saturated rings. The molecule has 19 heavy (non-hydrogen) atoms. The zero-order valence-corrected chi connectivity index (χ0v) is 11.1. The van der Waals surface area contributed by atoms with Crippen molar-refractivity contribution in [1.29, 1.82) is 0 Å². The molecule has 0 unspecified atom stereocenters. The molecule has 1 aromatic heterocycles. The molecule has 2 aliphatic heterocycles. The molecule has 0 bridgehead atoms. The largest absolute Gasteiger partial charge is 0.320 e. The fraction of sp³-hybridized carbons (Fsp3) is 0.571. The molecule has 5 heteroatoms. The van der Waals surface area contributed by atoms with Gasteiger partial charge in [-0.05, 0) is 37.6 Å². The average Bonchev–Trinajstić information content (AvgIpc) is 2.82. The predicted octanol–water partition coefficient (Wildman–Crippen LogP) is 1.07. The number of aromatic nitrogens is 1. The van der Waals surface area contributed by atoms with Crippen LogP contribution in [0.3, 0.4) is 0 Å². The van der Waals surface area contributed by atoms with E-state index in [0.717, 1.165) is 44.6 Å². The second kappa shape index (κ2) is 5.57. The van der Waals surface area contributed by atoms with Crippen molar-refractivity contribution in [2.45, 2.75) is 25.4 Å². The molecule has 2 saturated heterocycles. The van der Waals surface area contributed by atoms with Gasteiger partial charge in [-0.3, -0.25) is 4.98 Å². The molecule has 0 aliphatic carbocycles. The monoisotopic (exact) mass is 260 g/mol. The van der Waals surface area contributed by atoms with Gasteiger partial charge >= 0.3 is 6.03 Å². The molecule has 2 aliphatic rings. The van der Waals surface area contributed by atoms with E-state index < -0.39 is 0 Å². The van der Waals surface area contributed by atoms with Gasteiger partial charge in [0.15, 0.2) is 0 Å². The summed E-state index contributed by atoms with van der Waals surface area (Å²) in [5, 5.41) is 3.34. The Kier molecular flexibility index (Phi) is 3.64. The molecule has 1 N–H and O–H groups in total. The number of carbonyl (C=O) groups is 1. The standard InChI is InChI=1S/C14H20N4O/c19-14-17(11-12-2-1-5-16-10-12)8-9-18(14)13-3-6-15-7-4-13/h1-2,5,10,13,15H,3-4,6-9,11H2. The van der Waals surface area contributed by atoms with Gasteiger partial charge in [0.1, 0.15) is 0 Å². The number of piperidine rings is 1. The second-order valence-corrected chi connectivity index (χ2v) is 5.24. The quantitative estimate of drug-likeness (QED) is 0.884. The number of hydrogen-bond donors (Lipinski definition) is 1. The van der Waals surface area contributed by atoms with Gasteiger partial charge in [0, 0.05) is 38.1 Å². The first-order chi connectivity index (χ1) is 9.34. The summed E-state index contributed by atoms with van der Waals surface area (Å²) in [6.07, 6.45) is 5.75. The number of urea groups is 1. The van der Waals surface area contributed by atoms with E-state index in [4.69, 9.17) is 0 Å². The first-order valence-electron chi connectivity index (χ1n) is 7.00. The summed E-state index contributed by atoms with van der Waals surface area (Å²) >= 11 is 0. The van der Waals surface area contributed by atoms with Crippen molar-refractivity contribution in [2.75, 3.05) is 26.2 Å². The first-order valence-corrected chi connectivity index (χ1v) is 7.00. The van der Waals surface area contributed by atoms with Gasteiger partial charge < -0.3 is 15.1 Å². The molecule has 0 radical (unpaired) electrons. The van der Waals surface area contributed by atoms with Crippen LogP contribution in [0.2, 0.25) is 0 Å². The maximum Gasteiger partial charge on any atom is 0.320 e. The number of rotatable bonds is 3. The highest BCUT2D eigenvalue weighted by molar-refractivity contribution is 5.76. The Balaban J connectivity index is 1.62. The molecule has 102 valence electrons. The Bertz CT molecular complexity index is 430. The molecule has 5 nitrogen and oxygen atoms in total. The lowest BCUT2D eigenvalue weighted by Gasteiger charge is -2.31. The van der Waals surface area contributed by atoms with Crippen molar-refractivity contribution >= 4 is 6.03 Å². The zero-order valence-electron chi connectivity index (χ0n) is 11.1. The topological polar surface area (TPSA) is 48.5 Å². The summed E-state index contributed by atoms with van der Waals surface area (Å²) in [6.45, 7) is 4.42. The van der Waals surface area contributed by atoms with Crippen LogP contribution in [0, 0.1) is 0 Å². The fourth-order valence-electron chi connectivity index (χ4n) is 2.92. The lowest BCUT2D eigenvalue weighted by Crippen LogP contribution is -2.45. The molecule has 2 amide bonds. The number of nitrogens with zero attached hydrogens (tertiary/aromatic N) is 3. The van der Waals surface area contributed by atoms with Gasteiger partial charge in [-0.2, -0.15) is 0 Å². The van der Waals surface area contributed by atoms with E-state index in [2.05, 4.69) is 15.2 Å². The van der Waals surface area contributed by atoms with E-state index in [1.54, 1.807) is 6.20 Å². The van der Waals surface area contributed by atoms with Gasteiger partial charge in [0.25, 0.3) is 0 Å². The summed E-state index contributed by atoms with van der Waals surface area (Å²) in [5.74, 6) is 0. The van der Waals surface area contributed by atoms with Crippen LogP contribution in [0.4, 0.5) is 4.79 Å². The van der Waals surface area contributed by atoms with Crippen LogP contribution in [-0.4, -0.2) is 53.0 Å². The molecule has 0 aromatic carbocycles. The Hall–Kier alpha value is -1.62. The number of carbonyl (C=O) groups excluding carboxylic acids is 1. The second-order valence-electron chi connectivity index (χ2n) is 5.24. The fourth-order valence-corrected chi connectivity index (χ4v) is 2.92. The summed E-state index contributed by atoms with van der Waals surface area (Å²) in [7, 11) is 0. The summed E-state index contributed by atoms with van der Waals surface area (Å²) in [6, 6.07) is 4.55. The third kappa shape index (κ3) is 2.71. The average molecular weight is 260 g/mol. The summed E-state index contributed by atoms with van der Waals surface area (Å²) < 4.78 is 0. The molecular formula is C14H20N4O. The summed E-state index contributed by atoms with van der Waals surface area (Å²) in [5.41, 5.74) is 1.10. The van der Waals surface area contributed by atoms with Crippen molar-refractivity contribution in [3.8, 4) is 0 Å². The number of pyridine rings is 1. The third-order valence-corrected chi connectivity index (χ3v) is 3.97. The van der Waals surface area contributed by atoms with Crippen LogP contribution in [0.25, 0.3) is 0 Å². The van der Waals surface area contributed by atoms with Crippen LogP contribution >= 0.6 is 0 Å². The van der Waals surface area contributed by atoms with Gasteiger partial charge in [0.2, 0.25) is 0 Å². The SMILES string of the molecule is O=C1N(Cc2cccnc2)CCN1C1CCNCC1. The van der Waals surface area contributed by atoms with Crippen molar-refractivity contribution in [3.63, 3.8) is 0 Å². The number of amides is 2. The van der Waals surface area contributed by atoms with Crippen LogP contribution in [0.15, 0.2) is 24.5 Å². The van der Waals surface area contributed by atoms with Gasteiger partial charge in [0.05, 0.1) is 0 Å². The summed E-state index contributed by atoms with van der Waals surface area (Å²) in [4.78, 5) is 20.5. The molecule has 3 rings (SSSR count). The Morgan fingerprint density at radius 3 is 2.89 bits per heavy atom. The van der Waals surface area contributed by atoms with Crippen LogP contribution in [-0.2, 0) is 6.54 Å². The minimum absolute atomic E-state index is 0.191. The van der Waals surface area contributed by atoms with E-state index in [1.807, 2.05) is 23.2 Å². The van der Waals surface area contributed by atoms with Crippen molar-refractivity contribution in [2.24, 2.45) is 0 Å². The number of hydrogen-bond acceptors (Lipinski definition) is 3. The molecule has 3 heterocycles. The highest BCUT2D eigenvalue weighted by Gasteiger charge is 2.33. The minimum Gasteiger partial charge on any atom is -0.320 e. The van der Waals surface area contributed by atoms with Crippen LogP contribution < -0.4 is 5.32 Å². The molecular weight excluding hydrogens is 240 g/mol. The van der Waals surface area contributed by atoms with Crippen LogP contribution in [0.1, 0.15) is 18.4 Å². The highest BCUT2D eigenvalue weighted by atomic mass is 16.2. The maximum absolute atomic E-state index is 12.4. The van der Waals surface area contributed by atoms with Gasteiger partial charge in [-0.15, -0.1) is 0 Å². The number of nitrogens with one attached hydrogen (secondary N) is 1. The highest BCUT2D eigenvalue weighted by Crippen LogP contribution is 2.20. The van der Waals surface area contributed by atoms with E-state index in [1.165, 1.54) is 0 Å². The van der Waals surface area contributed by atoms with Gasteiger partial charge in [-0.1, -0.05) is 6.07 Å². The molecule has 0 atom stereocenters. The van der Waals surface area contributed by atoms with Crippen LogP contribution in [0.5, 0.6) is 0 Å². The maximum atomic E-state index is 12.4. The van der Waals surface area contributed by atoms with E-state index in [9.17, 15) is 4.79 Å². The van der Waals surface area contributed by atoms with E-state index in [-0.39, 0.29) is 6.03 Å². The van der Waals surface area contributed by atoms with E-state index in [0.29, 0.717) is 12.6 Å². The normalized spacial score (nSPS) is 21.2. The smallest absolute Gasteiger partial charge is 0.320 e. The lowest BCUT2D eigenvalue weighted by molar-refractivity contribution is 0.164. The Labute approximate surface area is 113 Å². The minimum atomic E-state index is 0.191. The molecule has 0 saturated carbocycles. The lowest BCUT2D eigenvalue weighted by atomic mass is 10.1. The van der Waals surface area contributed by atoms with Crippen molar-refractivity contribution in [3.05, 3.63) is 30.1 Å². The van der Waals surface area contributed by atoms with Crippen molar-refractivity contribution in [1.82, 2.24) is 20.1 Å². The van der Waals surface area contributed by atoms with E-state index >= 15 is 0 Å². The Morgan fingerprint density at radius 2 is 2.16 bits per heavy atom. The first kappa shape index (κ1) is 12.4. The Morgan fingerprint density at radius 1 is 1.32 bits per heavy atom. The third-order valence-electron chi connectivity index (χ3n) is 3.97.